The standard InChI is InChI=1S/C22H20N2O6S2/c1-29-16-6-9-18-13(10-16)2-3-14-11-19(31-21(14)18)22(26)30-12-20(25)24-15-4-7-17(8-5-15)32(23,27)28/h4-11H,2-3,12H2,1H3,(H,24,25)(H2,23,27,28). The topological polar surface area (TPSA) is 125 Å². The molecule has 0 spiro atoms. The zero-order valence-corrected chi connectivity index (χ0v) is 18.7. The Morgan fingerprint density at radius 3 is 2.47 bits per heavy atom. The van der Waals surface area contributed by atoms with Crippen molar-refractivity contribution in [2.24, 2.45) is 5.14 Å². The SMILES string of the molecule is COc1ccc2c(c1)CCc1cc(C(=O)OCC(=O)Nc3ccc(S(N)(=O)=O)cc3)sc1-2. The molecule has 1 amide bonds. The van der Waals surface area contributed by atoms with E-state index >= 15 is 0 Å². The summed E-state index contributed by atoms with van der Waals surface area (Å²) in [4.78, 5) is 26.0. The number of amides is 1. The number of esters is 1. The lowest BCUT2D eigenvalue weighted by Gasteiger charge is -2.16. The molecule has 0 saturated carbocycles. The highest BCUT2D eigenvalue weighted by molar-refractivity contribution is 7.89. The number of thiophene rings is 1. The molecule has 3 N–H and O–H groups in total. The van der Waals surface area contributed by atoms with Crippen LogP contribution < -0.4 is 15.2 Å². The molecule has 166 valence electrons. The van der Waals surface area contributed by atoms with Crippen molar-refractivity contribution >= 4 is 38.9 Å². The number of nitrogens with two attached hydrogens (primary N) is 1. The zero-order chi connectivity index (χ0) is 22.9. The van der Waals surface area contributed by atoms with Crippen LogP contribution in [0.2, 0.25) is 0 Å². The number of aryl methyl sites for hydroxylation is 2. The molecule has 0 aliphatic heterocycles. The molecule has 8 nitrogen and oxygen atoms in total. The fourth-order valence-electron chi connectivity index (χ4n) is 3.46. The molecule has 1 aliphatic carbocycles. The van der Waals surface area contributed by atoms with E-state index in [0.29, 0.717) is 10.6 Å². The second-order valence-electron chi connectivity index (χ2n) is 7.18. The molecule has 0 atom stereocenters. The molecule has 2 aromatic carbocycles. The smallest absolute Gasteiger partial charge is 0.348 e. The summed E-state index contributed by atoms with van der Waals surface area (Å²) in [7, 11) is -2.18. The van der Waals surface area contributed by atoms with Gasteiger partial charge in [0.1, 0.15) is 10.6 Å². The van der Waals surface area contributed by atoms with Crippen LogP contribution in [0.25, 0.3) is 10.4 Å². The number of ether oxygens (including phenoxy) is 2. The van der Waals surface area contributed by atoms with E-state index in [4.69, 9.17) is 14.6 Å². The van der Waals surface area contributed by atoms with Crippen LogP contribution in [0.5, 0.6) is 5.75 Å². The molecule has 3 aromatic rings. The molecule has 0 radical (unpaired) electrons. The number of carbonyl (C=O) groups is 2. The number of nitrogens with one attached hydrogen (secondary N) is 1. The van der Waals surface area contributed by atoms with Crippen LogP contribution in [-0.4, -0.2) is 34.0 Å². The highest BCUT2D eigenvalue weighted by atomic mass is 32.2. The van der Waals surface area contributed by atoms with Crippen molar-refractivity contribution in [3.8, 4) is 16.2 Å². The summed E-state index contributed by atoms with van der Waals surface area (Å²) in [5.74, 6) is -0.312. The third-order valence-corrected chi connectivity index (χ3v) is 7.15. The summed E-state index contributed by atoms with van der Waals surface area (Å²) in [6.07, 6.45) is 1.67. The van der Waals surface area contributed by atoms with E-state index < -0.39 is 28.5 Å². The largest absolute Gasteiger partial charge is 0.497 e. The summed E-state index contributed by atoms with van der Waals surface area (Å²) in [6, 6.07) is 13.1. The van der Waals surface area contributed by atoms with E-state index in [9.17, 15) is 18.0 Å². The van der Waals surface area contributed by atoms with Gasteiger partial charge in [0.2, 0.25) is 10.0 Å². The molecular formula is C22H20N2O6S2. The highest BCUT2D eigenvalue weighted by Crippen LogP contribution is 2.41. The predicted octanol–water partition coefficient (Wildman–Crippen LogP) is 2.97. The lowest BCUT2D eigenvalue weighted by Crippen LogP contribution is -2.20. The van der Waals surface area contributed by atoms with E-state index in [1.165, 1.54) is 41.2 Å². The van der Waals surface area contributed by atoms with Gasteiger partial charge in [-0.3, -0.25) is 4.79 Å². The molecule has 1 aromatic heterocycles. The Hall–Kier alpha value is -3.21. The van der Waals surface area contributed by atoms with Crippen molar-refractivity contribution in [2.45, 2.75) is 17.7 Å². The molecule has 0 fully saturated rings. The second kappa shape index (κ2) is 8.73. The second-order valence-corrected chi connectivity index (χ2v) is 9.80. The maximum Gasteiger partial charge on any atom is 0.348 e. The van der Waals surface area contributed by atoms with E-state index in [0.717, 1.165) is 34.6 Å². The fourth-order valence-corrected chi connectivity index (χ4v) is 5.14. The van der Waals surface area contributed by atoms with Gasteiger partial charge >= 0.3 is 5.97 Å². The normalized spacial score (nSPS) is 12.4. The Balaban J connectivity index is 1.39. The van der Waals surface area contributed by atoms with Crippen molar-refractivity contribution in [2.75, 3.05) is 19.0 Å². The Morgan fingerprint density at radius 1 is 1.06 bits per heavy atom. The van der Waals surface area contributed by atoms with Crippen LogP contribution in [0.1, 0.15) is 20.8 Å². The molecule has 4 rings (SSSR count). The zero-order valence-electron chi connectivity index (χ0n) is 17.1. The fraction of sp³-hybridized carbons (Fsp3) is 0.182. The first-order valence-corrected chi connectivity index (χ1v) is 12.0. The van der Waals surface area contributed by atoms with Gasteiger partial charge in [0.25, 0.3) is 5.91 Å². The van der Waals surface area contributed by atoms with Crippen molar-refractivity contribution in [1.82, 2.24) is 0 Å². The molecule has 1 heterocycles. The quantitative estimate of drug-likeness (QED) is 0.532. The first-order valence-electron chi connectivity index (χ1n) is 9.64. The van der Waals surface area contributed by atoms with E-state index in [1.54, 1.807) is 7.11 Å². The number of benzene rings is 2. The number of fused-ring (bicyclic) bond motifs is 3. The number of sulfonamides is 1. The number of carbonyl (C=O) groups excluding carboxylic acids is 2. The number of anilines is 1. The van der Waals surface area contributed by atoms with Crippen molar-refractivity contribution < 1.29 is 27.5 Å². The minimum absolute atomic E-state index is 0.0661. The monoisotopic (exact) mass is 472 g/mol. The number of rotatable bonds is 6. The van der Waals surface area contributed by atoms with Crippen LogP contribution in [-0.2, 0) is 32.4 Å². The van der Waals surface area contributed by atoms with Gasteiger partial charge in [-0.25, -0.2) is 18.4 Å². The highest BCUT2D eigenvalue weighted by Gasteiger charge is 2.23. The van der Waals surface area contributed by atoms with Gasteiger partial charge < -0.3 is 14.8 Å². The third kappa shape index (κ3) is 4.67. The van der Waals surface area contributed by atoms with Crippen LogP contribution in [0.15, 0.2) is 53.4 Å². The lowest BCUT2D eigenvalue weighted by molar-refractivity contribution is -0.119. The van der Waals surface area contributed by atoms with Gasteiger partial charge in [0.15, 0.2) is 6.61 Å². The van der Waals surface area contributed by atoms with Crippen LogP contribution in [0, 0.1) is 0 Å². The molecule has 1 aliphatic rings. The Labute approximate surface area is 189 Å². The number of primary sulfonamides is 1. The average molecular weight is 473 g/mol. The Bertz CT molecular complexity index is 1300. The number of hydrogen-bond donors (Lipinski definition) is 2. The van der Waals surface area contributed by atoms with Gasteiger partial charge in [-0.1, -0.05) is 0 Å². The third-order valence-electron chi connectivity index (χ3n) is 5.03. The molecule has 0 unspecified atom stereocenters. The van der Waals surface area contributed by atoms with E-state index in [1.807, 2.05) is 24.3 Å². The Kier molecular flexibility index (Phi) is 6.00. The molecule has 0 saturated heterocycles. The lowest BCUT2D eigenvalue weighted by atomic mass is 9.91. The first kappa shape index (κ1) is 22.0. The summed E-state index contributed by atoms with van der Waals surface area (Å²) in [5.41, 5.74) is 3.69. The minimum atomic E-state index is -3.81. The molecule has 0 bridgehead atoms. The molecule has 10 heteroatoms. The molecular weight excluding hydrogens is 452 g/mol. The van der Waals surface area contributed by atoms with E-state index in [2.05, 4.69) is 5.32 Å². The first-order chi connectivity index (χ1) is 15.2. The van der Waals surface area contributed by atoms with Gasteiger partial charge in [-0.05, 0) is 78.1 Å². The van der Waals surface area contributed by atoms with Crippen LogP contribution >= 0.6 is 11.3 Å². The van der Waals surface area contributed by atoms with Gasteiger partial charge in [-0.2, -0.15) is 0 Å². The number of methoxy groups -OCH3 is 1. The Morgan fingerprint density at radius 2 is 1.78 bits per heavy atom. The maximum absolute atomic E-state index is 12.5. The van der Waals surface area contributed by atoms with Crippen molar-refractivity contribution in [3.63, 3.8) is 0 Å². The van der Waals surface area contributed by atoms with Crippen molar-refractivity contribution in [3.05, 3.63) is 64.5 Å². The van der Waals surface area contributed by atoms with Crippen molar-refractivity contribution in [1.29, 1.82) is 0 Å². The van der Waals surface area contributed by atoms with E-state index in [-0.39, 0.29) is 4.90 Å². The van der Waals surface area contributed by atoms with Crippen LogP contribution in [0.4, 0.5) is 5.69 Å². The summed E-state index contributed by atoms with van der Waals surface area (Å²) in [5, 5.41) is 7.58. The average Bonchev–Trinajstić information content (AvgIpc) is 3.21. The van der Waals surface area contributed by atoms with Crippen LogP contribution in [0.3, 0.4) is 0 Å². The summed E-state index contributed by atoms with van der Waals surface area (Å²) >= 11 is 1.34. The summed E-state index contributed by atoms with van der Waals surface area (Å²) < 4.78 is 33.0. The van der Waals surface area contributed by atoms with Gasteiger partial charge in [0, 0.05) is 10.6 Å². The maximum atomic E-state index is 12.5. The minimum Gasteiger partial charge on any atom is -0.497 e. The van der Waals surface area contributed by atoms with Gasteiger partial charge in [0.05, 0.1) is 12.0 Å². The number of hydrogen-bond acceptors (Lipinski definition) is 7. The van der Waals surface area contributed by atoms with Gasteiger partial charge in [-0.15, -0.1) is 11.3 Å². The molecule has 32 heavy (non-hydrogen) atoms. The predicted molar refractivity (Wildman–Crippen MR) is 120 cm³/mol. The summed E-state index contributed by atoms with van der Waals surface area (Å²) in [6.45, 7) is -0.466.